The van der Waals surface area contributed by atoms with Crippen molar-refractivity contribution < 1.29 is 14.6 Å². The fourth-order valence-electron chi connectivity index (χ4n) is 5.66. The zero-order valence-corrected chi connectivity index (χ0v) is 24.1. The number of nitrogens with one attached hydrogen (secondary N) is 1. The third-order valence-corrected chi connectivity index (χ3v) is 7.81. The van der Waals surface area contributed by atoms with E-state index >= 15 is 0 Å². The van der Waals surface area contributed by atoms with Gasteiger partial charge in [-0.2, -0.15) is 10.1 Å². The number of anilines is 2. The van der Waals surface area contributed by atoms with Crippen molar-refractivity contribution in [3.05, 3.63) is 42.2 Å². The number of hydrogen-bond acceptors (Lipinski definition) is 8. The van der Waals surface area contributed by atoms with Crippen LogP contribution in [0.1, 0.15) is 77.3 Å². The van der Waals surface area contributed by atoms with Crippen LogP contribution in [0.25, 0.3) is 11.0 Å². The summed E-state index contributed by atoms with van der Waals surface area (Å²) in [6.07, 6.45) is 11.0. The van der Waals surface area contributed by atoms with E-state index in [9.17, 15) is 4.79 Å². The van der Waals surface area contributed by atoms with E-state index in [1.165, 1.54) is 24.2 Å². The van der Waals surface area contributed by atoms with Crippen molar-refractivity contribution in [3.8, 4) is 0 Å². The molecule has 1 aromatic carbocycles. The maximum Gasteiger partial charge on any atom is 0.421 e. The number of aliphatic hydroxyl groups is 1. The van der Waals surface area contributed by atoms with Crippen LogP contribution < -0.4 is 10.2 Å². The minimum absolute atomic E-state index is 0.216. The van der Waals surface area contributed by atoms with Gasteiger partial charge in [0.05, 0.1) is 29.9 Å². The molecule has 0 atom stereocenters. The zero-order chi connectivity index (χ0) is 28.1. The van der Waals surface area contributed by atoms with Crippen molar-refractivity contribution in [3.63, 3.8) is 0 Å². The van der Waals surface area contributed by atoms with E-state index in [-0.39, 0.29) is 12.6 Å². The third kappa shape index (κ3) is 6.97. The van der Waals surface area contributed by atoms with Gasteiger partial charge in [-0.05, 0) is 77.2 Å². The molecule has 2 aliphatic rings. The maximum absolute atomic E-state index is 13.5. The number of amides is 1. The molecule has 2 N–H and O–H groups in total. The standard InChI is InChI=1S/C30H43N7O3/c1-30(2,3)40-29(39)36(28-32-20-23-21-33-37(27(23)34-28)26-7-5-4-6-8-26)25-11-9-22(10-12-25)19-31-24-13-15-35(16-14-24)17-18-38/h9-12,20-21,24,26,31,38H,4-8,13-19H2,1-3H3. The summed E-state index contributed by atoms with van der Waals surface area (Å²) >= 11 is 0. The fraction of sp³-hybridized carbons (Fsp3) is 0.600. The summed E-state index contributed by atoms with van der Waals surface area (Å²) in [7, 11) is 0. The van der Waals surface area contributed by atoms with Crippen LogP contribution in [0.4, 0.5) is 16.4 Å². The van der Waals surface area contributed by atoms with Crippen LogP contribution in [0.5, 0.6) is 0 Å². The van der Waals surface area contributed by atoms with Gasteiger partial charge in [0, 0.05) is 25.3 Å². The van der Waals surface area contributed by atoms with Crippen LogP contribution in [0, 0.1) is 0 Å². The highest BCUT2D eigenvalue weighted by atomic mass is 16.6. The number of β-amino-alcohol motifs (C(OH)–C–C–N with tert-alkyl or cyclic N) is 1. The largest absolute Gasteiger partial charge is 0.443 e. The Morgan fingerprint density at radius 2 is 1.80 bits per heavy atom. The summed E-state index contributed by atoms with van der Waals surface area (Å²) in [5.74, 6) is 0.278. The van der Waals surface area contributed by atoms with Gasteiger partial charge in [0.15, 0.2) is 5.65 Å². The number of carbonyl (C=O) groups is 1. The topological polar surface area (TPSA) is 109 Å². The normalized spacial score (nSPS) is 17.8. The fourth-order valence-corrected chi connectivity index (χ4v) is 5.66. The highest BCUT2D eigenvalue weighted by molar-refractivity contribution is 5.95. The molecule has 10 nitrogen and oxygen atoms in total. The molecule has 5 rings (SSSR count). The second-order valence-corrected chi connectivity index (χ2v) is 12.0. The van der Waals surface area contributed by atoms with Crippen molar-refractivity contribution in [2.75, 3.05) is 31.1 Å². The van der Waals surface area contributed by atoms with E-state index < -0.39 is 11.7 Å². The van der Waals surface area contributed by atoms with E-state index in [1.807, 2.05) is 55.9 Å². The van der Waals surface area contributed by atoms with Crippen LogP contribution in [-0.2, 0) is 11.3 Å². The number of rotatable bonds is 8. The van der Waals surface area contributed by atoms with Gasteiger partial charge in [-0.25, -0.2) is 19.4 Å². The first-order valence-corrected chi connectivity index (χ1v) is 14.7. The number of ether oxygens (including phenoxy) is 1. The van der Waals surface area contributed by atoms with Gasteiger partial charge in [0.2, 0.25) is 5.95 Å². The quantitative estimate of drug-likeness (QED) is 0.406. The predicted octanol–water partition coefficient (Wildman–Crippen LogP) is 4.95. The minimum atomic E-state index is -0.667. The van der Waals surface area contributed by atoms with Crippen molar-refractivity contribution in [2.24, 2.45) is 0 Å². The van der Waals surface area contributed by atoms with E-state index in [0.717, 1.165) is 68.5 Å². The molecule has 0 bridgehead atoms. The van der Waals surface area contributed by atoms with Crippen molar-refractivity contribution in [1.29, 1.82) is 0 Å². The second kappa shape index (κ2) is 12.6. The molecule has 0 radical (unpaired) electrons. The highest BCUT2D eigenvalue weighted by Crippen LogP contribution is 2.31. The van der Waals surface area contributed by atoms with Gasteiger partial charge in [0.1, 0.15) is 5.60 Å². The van der Waals surface area contributed by atoms with E-state index in [2.05, 4.69) is 20.3 Å². The number of fused-ring (bicyclic) bond motifs is 1. The lowest BCUT2D eigenvalue weighted by molar-refractivity contribution is 0.0597. The molecular formula is C30H43N7O3. The molecule has 40 heavy (non-hydrogen) atoms. The summed E-state index contributed by atoms with van der Waals surface area (Å²) < 4.78 is 7.79. The molecule has 216 valence electrons. The number of aromatic nitrogens is 4. The predicted molar refractivity (Wildman–Crippen MR) is 156 cm³/mol. The average Bonchev–Trinajstić information content (AvgIpc) is 3.37. The molecule has 2 fully saturated rings. The van der Waals surface area contributed by atoms with Gasteiger partial charge in [-0.15, -0.1) is 0 Å². The lowest BCUT2D eigenvalue weighted by atomic mass is 9.96. The second-order valence-electron chi connectivity index (χ2n) is 12.0. The molecular weight excluding hydrogens is 506 g/mol. The molecule has 1 aliphatic carbocycles. The Morgan fingerprint density at radius 3 is 2.48 bits per heavy atom. The molecule has 10 heteroatoms. The molecule has 1 saturated carbocycles. The maximum atomic E-state index is 13.5. The van der Waals surface area contributed by atoms with Crippen LogP contribution in [-0.4, -0.2) is 73.7 Å². The molecule has 1 amide bonds. The van der Waals surface area contributed by atoms with Crippen LogP contribution in [0.3, 0.4) is 0 Å². The molecule has 0 unspecified atom stereocenters. The summed E-state index contributed by atoms with van der Waals surface area (Å²) in [6.45, 7) is 9.30. The molecule has 1 saturated heterocycles. The summed E-state index contributed by atoms with van der Waals surface area (Å²) in [5.41, 5.74) is 1.87. The Balaban J connectivity index is 1.35. The molecule has 3 heterocycles. The van der Waals surface area contributed by atoms with Gasteiger partial charge in [0.25, 0.3) is 0 Å². The monoisotopic (exact) mass is 549 g/mol. The lowest BCUT2D eigenvalue weighted by Crippen LogP contribution is -2.43. The highest BCUT2D eigenvalue weighted by Gasteiger charge is 2.28. The first kappa shape index (κ1) is 28.4. The number of piperidine rings is 1. The zero-order valence-electron chi connectivity index (χ0n) is 24.1. The first-order chi connectivity index (χ1) is 19.3. The van der Waals surface area contributed by atoms with Gasteiger partial charge in [-0.3, -0.25) is 0 Å². The Kier molecular flexibility index (Phi) is 8.97. The number of benzene rings is 1. The Morgan fingerprint density at radius 1 is 1.07 bits per heavy atom. The van der Waals surface area contributed by atoms with Crippen molar-refractivity contribution >= 4 is 28.8 Å². The molecule has 0 spiro atoms. The first-order valence-electron chi connectivity index (χ1n) is 14.7. The van der Waals surface area contributed by atoms with Crippen LogP contribution in [0.15, 0.2) is 36.7 Å². The van der Waals surface area contributed by atoms with Crippen LogP contribution >= 0.6 is 0 Å². The SMILES string of the molecule is CC(C)(C)OC(=O)N(c1ccc(CNC2CCN(CCO)CC2)cc1)c1ncc2cnn(C3CCCCC3)c2n1. The number of hydrogen-bond donors (Lipinski definition) is 2. The number of nitrogens with zero attached hydrogens (tertiary/aromatic N) is 6. The van der Waals surface area contributed by atoms with E-state index in [1.54, 1.807) is 6.20 Å². The third-order valence-electron chi connectivity index (χ3n) is 7.81. The Hall–Kier alpha value is -3.08. The van der Waals surface area contributed by atoms with Crippen molar-refractivity contribution in [1.82, 2.24) is 30.0 Å². The Bertz CT molecular complexity index is 1260. The summed E-state index contributed by atoms with van der Waals surface area (Å²) in [6, 6.07) is 8.70. The molecule has 3 aromatic rings. The van der Waals surface area contributed by atoms with Crippen molar-refractivity contribution in [2.45, 2.75) is 89.9 Å². The van der Waals surface area contributed by atoms with E-state index in [0.29, 0.717) is 17.8 Å². The minimum Gasteiger partial charge on any atom is -0.443 e. The average molecular weight is 550 g/mol. The number of carbonyl (C=O) groups excluding carboxylic acids is 1. The summed E-state index contributed by atoms with van der Waals surface area (Å²) in [4.78, 5) is 26.7. The number of likely N-dealkylation sites (tertiary alicyclic amines) is 1. The summed E-state index contributed by atoms with van der Waals surface area (Å²) in [5, 5.41) is 18.3. The van der Waals surface area contributed by atoms with Gasteiger partial charge in [-0.1, -0.05) is 31.4 Å². The van der Waals surface area contributed by atoms with Gasteiger partial charge >= 0.3 is 6.09 Å². The Labute approximate surface area is 236 Å². The van der Waals surface area contributed by atoms with Gasteiger partial charge < -0.3 is 20.1 Å². The molecule has 2 aromatic heterocycles. The lowest BCUT2D eigenvalue weighted by Gasteiger charge is -2.32. The smallest absolute Gasteiger partial charge is 0.421 e. The van der Waals surface area contributed by atoms with Crippen LogP contribution in [0.2, 0.25) is 0 Å². The number of aliphatic hydroxyl groups excluding tert-OH is 1. The van der Waals surface area contributed by atoms with E-state index in [4.69, 9.17) is 14.8 Å². The molecule has 1 aliphatic heterocycles.